The lowest BCUT2D eigenvalue weighted by molar-refractivity contribution is -1.12. The number of hydroxylamine groups is 3. The highest BCUT2D eigenvalue weighted by Gasteiger charge is 2.34. The Kier molecular flexibility index (Phi) is 2.87. The molecule has 11 heavy (non-hydrogen) atoms. The molecule has 0 amide bonds. The zero-order valence-electron chi connectivity index (χ0n) is 7.67. The number of morpholine rings is 1. The summed E-state index contributed by atoms with van der Waals surface area (Å²) in [4.78, 5) is 5.50. The average molecular weight is 160 g/mol. The van der Waals surface area contributed by atoms with Gasteiger partial charge in [0.25, 0.3) is 0 Å². The van der Waals surface area contributed by atoms with Crippen molar-refractivity contribution in [3.05, 3.63) is 0 Å². The first-order valence-electron chi connectivity index (χ1n) is 4.21. The molecule has 0 bridgehead atoms. The van der Waals surface area contributed by atoms with Crippen molar-refractivity contribution >= 4 is 0 Å². The maximum Gasteiger partial charge on any atom is 0.133 e. The van der Waals surface area contributed by atoms with Crippen molar-refractivity contribution in [1.82, 2.24) is 0 Å². The van der Waals surface area contributed by atoms with Crippen molar-refractivity contribution in [1.29, 1.82) is 0 Å². The minimum atomic E-state index is 0.531. The molecule has 0 aromatic carbocycles. The molecule has 0 aliphatic carbocycles. The number of rotatable bonds is 2. The summed E-state index contributed by atoms with van der Waals surface area (Å²) in [5, 5.41) is 0. The highest BCUT2D eigenvalue weighted by molar-refractivity contribution is 4.47. The monoisotopic (exact) mass is 160 g/mol. The second-order valence-electron chi connectivity index (χ2n) is 3.29. The van der Waals surface area contributed by atoms with E-state index in [4.69, 9.17) is 9.57 Å². The molecule has 1 rings (SSSR count). The molecule has 0 aromatic rings. The van der Waals surface area contributed by atoms with E-state index in [9.17, 15) is 0 Å². The first-order chi connectivity index (χ1) is 5.21. The first-order valence-corrected chi connectivity index (χ1v) is 4.21. The Labute approximate surface area is 68.4 Å². The standard InChI is InChI=1S/C8H18NO2/c1-8(2)9(10-3)4-6-11-7-5-9/h8H,4-7H2,1-3H3/q+1. The average Bonchev–Trinajstić information content (AvgIpc) is 2.05. The molecule has 0 saturated carbocycles. The third kappa shape index (κ3) is 1.72. The third-order valence-electron chi connectivity index (χ3n) is 2.53. The molecule has 0 unspecified atom stereocenters. The van der Waals surface area contributed by atoms with Gasteiger partial charge < -0.3 is 4.74 Å². The van der Waals surface area contributed by atoms with Crippen molar-refractivity contribution in [3.8, 4) is 0 Å². The van der Waals surface area contributed by atoms with Gasteiger partial charge in [0.05, 0.1) is 20.3 Å². The number of quaternary nitrogens is 1. The van der Waals surface area contributed by atoms with Crippen molar-refractivity contribution < 1.29 is 14.2 Å². The van der Waals surface area contributed by atoms with Crippen LogP contribution in [0.25, 0.3) is 0 Å². The van der Waals surface area contributed by atoms with Crippen LogP contribution in [0.4, 0.5) is 0 Å². The minimum absolute atomic E-state index is 0.531. The largest absolute Gasteiger partial charge is 0.370 e. The van der Waals surface area contributed by atoms with Crippen LogP contribution in [0.3, 0.4) is 0 Å². The number of ether oxygens (including phenoxy) is 1. The lowest BCUT2D eigenvalue weighted by Crippen LogP contribution is -2.58. The number of hydrogen-bond acceptors (Lipinski definition) is 2. The minimum Gasteiger partial charge on any atom is -0.370 e. The van der Waals surface area contributed by atoms with Gasteiger partial charge >= 0.3 is 0 Å². The second-order valence-corrected chi connectivity index (χ2v) is 3.29. The van der Waals surface area contributed by atoms with Gasteiger partial charge in [-0.15, -0.1) is 0 Å². The zero-order valence-corrected chi connectivity index (χ0v) is 7.67. The van der Waals surface area contributed by atoms with Gasteiger partial charge in [0, 0.05) is 0 Å². The van der Waals surface area contributed by atoms with Crippen LogP contribution >= 0.6 is 0 Å². The highest BCUT2D eigenvalue weighted by Crippen LogP contribution is 2.16. The molecule has 1 aliphatic rings. The van der Waals surface area contributed by atoms with E-state index in [1.807, 2.05) is 0 Å². The van der Waals surface area contributed by atoms with Crippen LogP contribution in [0.1, 0.15) is 13.8 Å². The van der Waals surface area contributed by atoms with E-state index >= 15 is 0 Å². The Morgan fingerprint density at radius 3 is 2.09 bits per heavy atom. The number of nitrogens with zero attached hydrogens (tertiary/aromatic N) is 1. The molecule has 66 valence electrons. The Morgan fingerprint density at radius 2 is 1.82 bits per heavy atom. The van der Waals surface area contributed by atoms with Gasteiger partial charge in [-0.2, -0.15) is 4.65 Å². The van der Waals surface area contributed by atoms with Crippen LogP contribution in [-0.4, -0.2) is 44.1 Å². The van der Waals surface area contributed by atoms with Crippen LogP contribution in [0.15, 0.2) is 0 Å². The molecule has 1 aliphatic heterocycles. The maximum atomic E-state index is 5.50. The third-order valence-corrected chi connectivity index (χ3v) is 2.53. The van der Waals surface area contributed by atoms with Gasteiger partial charge in [-0.1, -0.05) is 0 Å². The van der Waals surface area contributed by atoms with Crippen LogP contribution in [0.2, 0.25) is 0 Å². The SMILES string of the molecule is CO[N+]1(C(C)C)CCOCC1. The summed E-state index contributed by atoms with van der Waals surface area (Å²) in [6.45, 7) is 7.99. The fourth-order valence-electron chi connectivity index (χ4n) is 1.56. The maximum absolute atomic E-state index is 5.50. The Bertz CT molecular complexity index is 119. The van der Waals surface area contributed by atoms with Crippen molar-refractivity contribution in [2.45, 2.75) is 19.9 Å². The van der Waals surface area contributed by atoms with Crippen molar-refractivity contribution in [3.63, 3.8) is 0 Å². The summed E-state index contributed by atoms with van der Waals surface area (Å²) in [5.41, 5.74) is 0. The molecule has 0 radical (unpaired) electrons. The summed E-state index contributed by atoms with van der Waals surface area (Å²) < 4.78 is 6.03. The van der Waals surface area contributed by atoms with E-state index in [2.05, 4.69) is 13.8 Å². The Hall–Kier alpha value is -0.120. The summed E-state index contributed by atoms with van der Waals surface area (Å²) in [6.07, 6.45) is 0. The predicted molar refractivity (Wildman–Crippen MR) is 43.0 cm³/mol. The van der Waals surface area contributed by atoms with E-state index in [1.165, 1.54) is 0 Å². The molecule has 0 spiro atoms. The van der Waals surface area contributed by atoms with Crippen molar-refractivity contribution in [2.75, 3.05) is 33.4 Å². The molecular weight excluding hydrogens is 142 g/mol. The molecule has 1 saturated heterocycles. The smallest absolute Gasteiger partial charge is 0.133 e. The fourth-order valence-corrected chi connectivity index (χ4v) is 1.56. The van der Waals surface area contributed by atoms with Crippen molar-refractivity contribution in [2.24, 2.45) is 0 Å². The fraction of sp³-hybridized carbons (Fsp3) is 1.00. The van der Waals surface area contributed by atoms with Gasteiger partial charge in [-0.05, 0) is 13.8 Å². The lowest BCUT2D eigenvalue weighted by Gasteiger charge is -2.40. The molecule has 0 aromatic heterocycles. The van der Waals surface area contributed by atoms with Gasteiger partial charge in [-0.25, -0.2) is 4.84 Å². The van der Waals surface area contributed by atoms with E-state index in [0.717, 1.165) is 30.9 Å². The topological polar surface area (TPSA) is 18.5 Å². The lowest BCUT2D eigenvalue weighted by atomic mass is 10.3. The zero-order chi connectivity index (χ0) is 8.32. The summed E-state index contributed by atoms with van der Waals surface area (Å²) in [7, 11) is 1.78. The molecule has 1 heterocycles. The van der Waals surface area contributed by atoms with Crippen LogP contribution < -0.4 is 0 Å². The van der Waals surface area contributed by atoms with E-state index in [1.54, 1.807) is 7.11 Å². The molecule has 3 nitrogen and oxygen atoms in total. The molecule has 3 heteroatoms. The van der Waals surface area contributed by atoms with Crippen LogP contribution in [0, 0.1) is 0 Å². The normalized spacial score (nSPS) is 24.0. The Morgan fingerprint density at radius 1 is 1.27 bits per heavy atom. The summed E-state index contributed by atoms with van der Waals surface area (Å²) in [6, 6.07) is 0.531. The quantitative estimate of drug-likeness (QED) is 0.556. The summed E-state index contributed by atoms with van der Waals surface area (Å²) >= 11 is 0. The highest BCUT2D eigenvalue weighted by atomic mass is 16.7. The Balaban J connectivity index is 2.57. The van der Waals surface area contributed by atoms with Crippen LogP contribution in [-0.2, 0) is 9.57 Å². The predicted octanol–water partition coefficient (Wildman–Crippen LogP) is 0.803. The molecule has 0 atom stereocenters. The van der Waals surface area contributed by atoms with E-state index in [0.29, 0.717) is 6.04 Å². The van der Waals surface area contributed by atoms with Crippen LogP contribution in [0.5, 0.6) is 0 Å². The molecule has 0 N–H and O–H groups in total. The van der Waals surface area contributed by atoms with E-state index in [-0.39, 0.29) is 0 Å². The number of hydrogen-bond donors (Lipinski definition) is 0. The van der Waals surface area contributed by atoms with Gasteiger partial charge in [0.15, 0.2) is 0 Å². The van der Waals surface area contributed by atoms with E-state index < -0.39 is 0 Å². The summed E-state index contributed by atoms with van der Waals surface area (Å²) in [5.74, 6) is 0. The van der Waals surface area contributed by atoms with Gasteiger partial charge in [-0.3, -0.25) is 0 Å². The molecule has 1 fully saturated rings. The molecular formula is C8H18NO2+. The second kappa shape index (κ2) is 3.52. The van der Waals surface area contributed by atoms with Gasteiger partial charge in [0.1, 0.15) is 19.1 Å². The first kappa shape index (κ1) is 8.97. The van der Waals surface area contributed by atoms with Gasteiger partial charge in [0.2, 0.25) is 0 Å².